The molecule has 2 rings (SSSR count). The van der Waals surface area contributed by atoms with Crippen molar-refractivity contribution in [1.82, 2.24) is 9.55 Å². The number of rotatable bonds is 9. The summed E-state index contributed by atoms with van der Waals surface area (Å²) < 4.78 is 6.31. The van der Waals surface area contributed by atoms with Crippen molar-refractivity contribution in [2.75, 3.05) is 11.9 Å². The number of aromatic nitrogens is 2. The minimum atomic E-state index is -1.37. The van der Waals surface area contributed by atoms with Gasteiger partial charge in [0.1, 0.15) is 24.1 Å². The van der Waals surface area contributed by atoms with E-state index >= 15 is 0 Å². The van der Waals surface area contributed by atoms with E-state index in [1.807, 2.05) is 0 Å². The van der Waals surface area contributed by atoms with Crippen LogP contribution < -0.4 is 11.0 Å². The van der Waals surface area contributed by atoms with Crippen LogP contribution in [0.3, 0.4) is 0 Å². The topological polar surface area (TPSA) is 134 Å². The lowest BCUT2D eigenvalue weighted by molar-refractivity contribution is -0.116. The molecular weight excluding hydrogens is 342 g/mol. The molecule has 0 aromatic carbocycles. The molecule has 0 spiro atoms. The van der Waals surface area contributed by atoms with Crippen LogP contribution >= 0.6 is 0 Å². The Morgan fingerprint density at radius 1 is 1.27 bits per heavy atom. The van der Waals surface area contributed by atoms with Gasteiger partial charge in [0.05, 0.1) is 6.61 Å². The van der Waals surface area contributed by atoms with Gasteiger partial charge in [0, 0.05) is 12.6 Å². The summed E-state index contributed by atoms with van der Waals surface area (Å²) in [6.07, 6.45) is 2.06. The first kappa shape index (κ1) is 20.5. The van der Waals surface area contributed by atoms with Crippen LogP contribution in [0, 0.1) is 0 Å². The van der Waals surface area contributed by atoms with Crippen molar-refractivity contribution < 1.29 is 24.9 Å². The molecule has 1 fully saturated rings. The Morgan fingerprint density at radius 2 is 2.00 bits per heavy atom. The number of hydrogen-bond acceptors (Lipinski definition) is 7. The van der Waals surface area contributed by atoms with Gasteiger partial charge < -0.3 is 25.4 Å². The van der Waals surface area contributed by atoms with Gasteiger partial charge in [-0.25, -0.2) is 4.79 Å². The Kier molecular flexibility index (Phi) is 7.70. The lowest BCUT2D eigenvalue weighted by Crippen LogP contribution is -2.36. The molecule has 4 atom stereocenters. The van der Waals surface area contributed by atoms with Crippen molar-refractivity contribution in [3.8, 4) is 0 Å². The minimum absolute atomic E-state index is 0.122. The van der Waals surface area contributed by atoms with E-state index in [1.54, 1.807) is 0 Å². The molecule has 26 heavy (non-hydrogen) atoms. The molecule has 2 heterocycles. The van der Waals surface area contributed by atoms with Crippen LogP contribution in [0.25, 0.3) is 0 Å². The first-order chi connectivity index (χ1) is 12.5. The van der Waals surface area contributed by atoms with Crippen LogP contribution in [0.5, 0.6) is 0 Å². The highest BCUT2D eigenvalue weighted by molar-refractivity contribution is 5.89. The van der Waals surface area contributed by atoms with Crippen LogP contribution in [-0.2, 0) is 9.53 Å². The van der Waals surface area contributed by atoms with E-state index in [2.05, 4.69) is 17.2 Å². The van der Waals surface area contributed by atoms with Gasteiger partial charge in [-0.15, -0.1) is 0 Å². The number of amides is 1. The molecule has 1 aromatic heterocycles. The van der Waals surface area contributed by atoms with Gasteiger partial charge in [-0.2, -0.15) is 4.98 Å². The summed E-state index contributed by atoms with van der Waals surface area (Å²) in [6, 6.07) is 1.42. The van der Waals surface area contributed by atoms with Gasteiger partial charge in [-0.1, -0.05) is 32.6 Å². The van der Waals surface area contributed by atoms with E-state index < -0.39 is 36.8 Å². The number of aliphatic hydroxyl groups excluding tert-OH is 3. The lowest BCUT2D eigenvalue weighted by atomic mass is 10.1. The fraction of sp³-hybridized carbons (Fsp3) is 0.706. The third kappa shape index (κ3) is 5.10. The molecule has 146 valence electrons. The molecule has 0 saturated carbocycles. The quantitative estimate of drug-likeness (QED) is 0.455. The van der Waals surface area contributed by atoms with E-state index in [4.69, 9.17) is 9.84 Å². The van der Waals surface area contributed by atoms with E-state index in [0.29, 0.717) is 6.42 Å². The number of nitrogens with zero attached hydrogens (tertiary/aromatic N) is 2. The third-order valence-electron chi connectivity index (χ3n) is 4.40. The summed E-state index contributed by atoms with van der Waals surface area (Å²) in [4.78, 5) is 27.8. The SMILES string of the molecule is CCCCCCCC(=O)Nc1ccn([C@@H]2O[C@H](CO)[C@@H](O)[C@@H]2O)c(=O)n1. The number of aliphatic hydroxyl groups is 3. The van der Waals surface area contributed by atoms with Crippen molar-refractivity contribution in [2.24, 2.45) is 0 Å². The maximum absolute atomic E-state index is 12.2. The number of unbranched alkanes of at least 4 members (excludes halogenated alkanes) is 4. The average molecular weight is 369 g/mol. The van der Waals surface area contributed by atoms with Crippen molar-refractivity contribution >= 4 is 11.7 Å². The largest absolute Gasteiger partial charge is 0.394 e. The second-order valence-corrected chi connectivity index (χ2v) is 6.44. The third-order valence-corrected chi connectivity index (χ3v) is 4.40. The number of hydrogen-bond donors (Lipinski definition) is 4. The minimum Gasteiger partial charge on any atom is -0.394 e. The van der Waals surface area contributed by atoms with Gasteiger partial charge in [-0.05, 0) is 12.5 Å². The van der Waals surface area contributed by atoms with Crippen LogP contribution in [-0.4, -0.2) is 55.7 Å². The summed E-state index contributed by atoms with van der Waals surface area (Å²) in [6.45, 7) is 1.64. The molecule has 4 N–H and O–H groups in total. The number of carbonyl (C=O) groups is 1. The van der Waals surface area contributed by atoms with Crippen LogP contribution in [0.2, 0.25) is 0 Å². The second kappa shape index (κ2) is 9.77. The first-order valence-electron chi connectivity index (χ1n) is 8.99. The van der Waals surface area contributed by atoms with Gasteiger partial charge in [0.15, 0.2) is 6.23 Å². The number of nitrogens with one attached hydrogen (secondary N) is 1. The molecule has 0 unspecified atom stereocenters. The molecule has 1 aliphatic rings. The average Bonchev–Trinajstić information content (AvgIpc) is 2.90. The van der Waals surface area contributed by atoms with Crippen molar-refractivity contribution in [2.45, 2.75) is 70.0 Å². The van der Waals surface area contributed by atoms with Crippen molar-refractivity contribution in [3.63, 3.8) is 0 Å². The molecule has 9 nitrogen and oxygen atoms in total. The Hall–Kier alpha value is -1.81. The van der Waals surface area contributed by atoms with Crippen LogP contribution in [0.1, 0.15) is 51.7 Å². The predicted octanol–water partition coefficient (Wildman–Crippen LogP) is 0.154. The summed E-state index contributed by atoms with van der Waals surface area (Å²) >= 11 is 0. The van der Waals surface area contributed by atoms with Gasteiger partial charge in [0.2, 0.25) is 5.91 Å². The Bertz CT molecular complexity index is 650. The lowest BCUT2D eigenvalue weighted by Gasteiger charge is -2.17. The molecular formula is C17H27N3O6. The monoisotopic (exact) mass is 369 g/mol. The number of ether oxygens (including phenoxy) is 1. The first-order valence-corrected chi connectivity index (χ1v) is 8.99. The maximum atomic E-state index is 12.2. The van der Waals surface area contributed by atoms with E-state index in [9.17, 15) is 19.8 Å². The van der Waals surface area contributed by atoms with E-state index in [0.717, 1.165) is 36.7 Å². The normalized spacial score (nSPS) is 25.4. The Balaban J connectivity index is 1.93. The number of anilines is 1. The zero-order valence-corrected chi connectivity index (χ0v) is 14.9. The summed E-state index contributed by atoms with van der Waals surface area (Å²) in [5.41, 5.74) is -0.736. The zero-order valence-electron chi connectivity index (χ0n) is 14.9. The molecule has 0 bridgehead atoms. The van der Waals surface area contributed by atoms with E-state index in [-0.39, 0.29) is 11.7 Å². The fourth-order valence-electron chi connectivity index (χ4n) is 2.88. The standard InChI is InChI=1S/C17H27N3O6/c1-2-3-4-5-6-7-13(22)18-12-8-9-20(17(25)19-12)16-15(24)14(23)11(10-21)26-16/h8-9,11,14-16,21,23-24H,2-7,10H2,1H3,(H,18,19,22,25)/t11-,14-,15+,16-/m1/s1. The maximum Gasteiger partial charge on any atom is 0.351 e. The van der Waals surface area contributed by atoms with Gasteiger partial charge in [-0.3, -0.25) is 9.36 Å². The molecule has 0 aliphatic carbocycles. The smallest absolute Gasteiger partial charge is 0.351 e. The highest BCUT2D eigenvalue weighted by Gasteiger charge is 2.43. The van der Waals surface area contributed by atoms with Crippen LogP contribution in [0.15, 0.2) is 17.1 Å². The molecule has 1 aliphatic heterocycles. The molecule has 1 amide bonds. The summed E-state index contributed by atoms with van der Waals surface area (Å²) in [5, 5.41) is 31.4. The molecule has 9 heteroatoms. The molecule has 0 radical (unpaired) electrons. The predicted molar refractivity (Wildman–Crippen MR) is 93.5 cm³/mol. The second-order valence-electron chi connectivity index (χ2n) is 6.44. The van der Waals surface area contributed by atoms with Gasteiger partial charge >= 0.3 is 5.69 Å². The highest BCUT2D eigenvalue weighted by atomic mass is 16.6. The van der Waals surface area contributed by atoms with Gasteiger partial charge in [0.25, 0.3) is 0 Å². The Labute approximate surface area is 151 Å². The molecule has 1 aromatic rings. The summed E-state index contributed by atoms with van der Waals surface area (Å²) in [7, 11) is 0. The Morgan fingerprint density at radius 3 is 2.62 bits per heavy atom. The highest BCUT2D eigenvalue weighted by Crippen LogP contribution is 2.28. The number of carbonyl (C=O) groups excluding carboxylic acids is 1. The van der Waals surface area contributed by atoms with E-state index in [1.165, 1.54) is 12.3 Å². The zero-order chi connectivity index (χ0) is 19.1. The van der Waals surface area contributed by atoms with Crippen LogP contribution in [0.4, 0.5) is 5.82 Å². The fourth-order valence-corrected chi connectivity index (χ4v) is 2.88. The van der Waals surface area contributed by atoms with Crippen molar-refractivity contribution in [3.05, 3.63) is 22.7 Å². The van der Waals surface area contributed by atoms with Crippen molar-refractivity contribution in [1.29, 1.82) is 0 Å². The summed E-state index contributed by atoms with van der Waals surface area (Å²) in [5.74, 6) is -0.0874. The molecule has 1 saturated heterocycles.